The third-order valence-electron chi connectivity index (χ3n) is 6.32. The number of nitrogens with zero attached hydrogens (tertiary/aromatic N) is 1. The number of carbonyl (C=O) groups is 2. The van der Waals surface area contributed by atoms with E-state index in [1.54, 1.807) is 31.2 Å². The highest BCUT2D eigenvalue weighted by Gasteiger charge is 2.44. The highest BCUT2D eigenvalue weighted by atomic mass is 19.1. The van der Waals surface area contributed by atoms with Crippen LogP contribution in [0.25, 0.3) is 0 Å². The average Bonchev–Trinajstić information content (AvgIpc) is 3.63. The first-order chi connectivity index (χ1) is 16.6. The van der Waals surface area contributed by atoms with E-state index in [0.29, 0.717) is 11.4 Å². The van der Waals surface area contributed by atoms with E-state index >= 15 is 0 Å². The number of anilines is 1. The number of benzene rings is 3. The van der Waals surface area contributed by atoms with Gasteiger partial charge in [0.1, 0.15) is 5.82 Å². The van der Waals surface area contributed by atoms with E-state index in [-0.39, 0.29) is 28.7 Å². The van der Waals surface area contributed by atoms with Crippen LogP contribution in [-0.2, 0) is 10.2 Å². The van der Waals surface area contributed by atoms with Crippen molar-refractivity contribution in [2.45, 2.75) is 45.4 Å². The minimum absolute atomic E-state index is 0.0254. The minimum atomic E-state index is -0.579. The first kappa shape index (κ1) is 24.3. The molecule has 0 radical (unpaired) electrons. The second kappa shape index (κ2) is 9.82. The summed E-state index contributed by atoms with van der Waals surface area (Å²) >= 11 is 0. The zero-order valence-electron chi connectivity index (χ0n) is 20.4. The zero-order chi connectivity index (χ0) is 25.2. The van der Waals surface area contributed by atoms with Crippen molar-refractivity contribution in [3.05, 3.63) is 101 Å². The summed E-state index contributed by atoms with van der Waals surface area (Å²) in [4.78, 5) is 25.0. The average molecular weight is 472 g/mol. The molecule has 0 aliphatic heterocycles. The number of hydrazone groups is 1. The van der Waals surface area contributed by atoms with Gasteiger partial charge in [0.25, 0.3) is 5.91 Å². The summed E-state index contributed by atoms with van der Waals surface area (Å²) in [7, 11) is 0. The largest absolute Gasteiger partial charge is 0.322 e. The summed E-state index contributed by atoms with van der Waals surface area (Å²) in [6.07, 6.45) is 0.812. The number of hydrogen-bond acceptors (Lipinski definition) is 3. The molecule has 35 heavy (non-hydrogen) atoms. The van der Waals surface area contributed by atoms with E-state index < -0.39 is 11.7 Å². The van der Waals surface area contributed by atoms with Crippen LogP contribution in [-0.4, -0.2) is 17.5 Å². The Morgan fingerprint density at radius 1 is 0.971 bits per heavy atom. The lowest BCUT2D eigenvalue weighted by atomic mass is 9.86. The van der Waals surface area contributed by atoms with Crippen molar-refractivity contribution in [2.75, 3.05) is 5.32 Å². The van der Waals surface area contributed by atoms with E-state index in [4.69, 9.17) is 0 Å². The second-order valence-electron chi connectivity index (χ2n) is 10.0. The Balaban J connectivity index is 1.36. The first-order valence-corrected chi connectivity index (χ1v) is 11.7. The number of rotatable bonds is 6. The molecule has 2 N–H and O–H groups in total. The first-order valence-electron chi connectivity index (χ1n) is 11.7. The van der Waals surface area contributed by atoms with Crippen LogP contribution in [0.5, 0.6) is 0 Å². The fourth-order valence-corrected chi connectivity index (χ4v) is 4.04. The summed E-state index contributed by atoms with van der Waals surface area (Å²) in [5, 5.41) is 6.97. The Morgan fingerprint density at radius 2 is 1.69 bits per heavy atom. The summed E-state index contributed by atoms with van der Waals surface area (Å²) in [5.41, 5.74) is 7.06. The van der Waals surface area contributed by atoms with Crippen molar-refractivity contribution in [3.8, 4) is 0 Å². The van der Waals surface area contributed by atoms with Gasteiger partial charge in [-0.15, -0.1) is 0 Å². The van der Waals surface area contributed by atoms with Gasteiger partial charge in [-0.2, -0.15) is 5.10 Å². The van der Waals surface area contributed by atoms with Gasteiger partial charge in [-0.05, 0) is 65.6 Å². The quantitative estimate of drug-likeness (QED) is 0.341. The zero-order valence-corrected chi connectivity index (χ0v) is 20.4. The molecule has 0 spiro atoms. The smallest absolute Gasteiger partial charge is 0.258 e. The fourth-order valence-electron chi connectivity index (χ4n) is 4.04. The van der Waals surface area contributed by atoms with Gasteiger partial charge in [-0.3, -0.25) is 9.59 Å². The predicted octanol–water partition coefficient (Wildman–Crippen LogP) is 6.02. The molecule has 4 rings (SSSR count). The molecule has 1 aliphatic carbocycles. The monoisotopic (exact) mass is 471 g/mol. The van der Waals surface area contributed by atoms with E-state index in [1.807, 2.05) is 6.07 Å². The molecule has 0 unspecified atom stereocenters. The van der Waals surface area contributed by atoms with Crippen molar-refractivity contribution in [1.29, 1.82) is 0 Å². The van der Waals surface area contributed by atoms with Gasteiger partial charge in [0.15, 0.2) is 0 Å². The van der Waals surface area contributed by atoms with E-state index in [1.165, 1.54) is 29.3 Å². The van der Waals surface area contributed by atoms with Gasteiger partial charge in [0.2, 0.25) is 5.91 Å². The van der Waals surface area contributed by atoms with Crippen LogP contribution >= 0.6 is 0 Å². The molecule has 1 fully saturated rings. The lowest BCUT2D eigenvalue weighted by Gasteiger charge is -2.19. The topological polar surface area (TPSA) is 70.6 Å². The number of nitrogens with one attached hydrogen (secondary N) is 2. The maximum absolute atomic E-state index is 13.9. The highest BCUT2D eigenvalue weighted by molar-refractivity contribution is 6.06. The molecule has 0 heterocycles. The Kier molecular flexibility index (Phi) is 6.83. The van der Waals surface area contributed by atoms with Crippen LogP contribution in [0.1, 0.15) is 67.1 Å². The molecule has 2 amide bonds. The molecule has 1 saturated carbocycles. The molecule has 1 aliphatic rings. The number of hydrogen-bond donors (Lipinski definition) is 2. The van der Waals surface area contributed by atoms with Gasteiger partial charge < -0.3 is 5.32 Å². The normalized spacial score (nSPS) is 17.6. The van der Waals surface area contributed by atoms with Crippen LogP contribution in [0.4, 0.5) is 10.1 Å². The minimum Gasteiger partial charge on any atom is -0.322 e. The molecule has 0 bridgehead atoms. The van der Waals surface area contributed by atoms with Gasteiger partial charge in [-0.25, -0.2) is 9.82 Å². The standard InChI is InChI=1S/C29H30FN3O2/c1-18(20-8-7-9-22(16-20)31-27(34)23-10-5-6-11-26(23)30)32-33-28(35)25-17-24(25)19-12-14-21(15-13-19)29(2,3)4/h5-16,24-25H,17H2,1-4H3,(H,31,34)(H,33,35)/t24-,25+/m0/s1. The molecular formula is C29H30FN3O2. The van der Waals surface area contributed by atoms with Gasteiger partial charge in [0.05, 0.1) is 11.3 Å². The third-order valence-corrected chi connectivity index (χ3v) is 6.32. The molecule has 3 aromatic carbocycles. The number of carbonyl (C=O) groups excluding carboxylic acids is 2. The third kappa shape index (κ3) is 5.83. The van der Waals surface area contributed by atoms with Crippen LogP contribution in [0.15, 0.2) is 77.9 Å². The van der Waals surface area contributed by atoms with Crippen LogP contribution in [0, 0.1) is 11.7 Å². The van der Waals surface area contributed by atoms with Gasteiger partial charge in [0, 0.05) is 11.6 Å². The second-order valence-corrected chi connectivity index (χ2v) is 10.0. The van der Waals surface area contributed by atoms with E-state index in [0.717, 1.165) is 12.0 Å². The van der Waals surface area contributed by atoms with E-state index in [9.17, 15) is 14.0 Å². The summed E-state index contributed by atoms with van der Waals surface area (Å²) in [5.74, 6) is -1.07. The Bertz CT molecular complexity index is 1280. The van der Waals surface area contributed by atoms with Crippen molar-refractivity contribution in [1.82, 2.24) is 5.43 Å². The number of halogens is 1. The highest BCUT2D eigenvalue weighted by Crippen LogP contribution is 2.47. The molecule has 5 nitrogen and oxygen atoms in total. The van der Waals surface area contributed by atoms with Gasteiger partial charge >= 0.3 is 0 Å². The number of amides is 2. The Hall–Kier alpha value is -3.80. The Labute approximate surface area is 205 Å². The fraction of sp³-hybridized carbons (Fsp3) is 0.276. The summed E-state index contributed by atoms with van der Waals surface area (Å²) < 4.78 is 13.9. The van der Waals surface area contributed by atoms with Gasteiger partial charge in [-0.1, -0.05) is 69.3 Å². The lowest BCUT2D eigenvalue weighted by molar-refractivity contribution is -0.122. The van der Waals surface area contributed by atoms with Crippen molar-refractivity contribution in [2.24, 2.45) is 11.0 Å². The molecule has 2 atom stereocenters. The lowest BCUT2D eigenvalue weighted by Crippen LogP contribution is -2.21. The van der Waals surface area contributed by atoms with Crippen molar-refractivity contribution in [3.63, 3.8) is 0 Å². The predicted molar refractivity (Wildman–Crippen MR) is 137 cm³/mol. The molecule has 0 aromatic heterocycles. The molecule has 0 saturated heterocycles. The van der Waals surface area contributed by atoms with Crippen molar-refractivity contribution >= 4 is 23.2 Å². The molecule has 3 aromatic rings. The van der Waals surface area contributed by atoms with Crippen LogP contribution in [0.3, 0.4) is 0 Å². The van der Waals surface area contributed by atoms with Crippen LogP contribution in [0.2, 0.25) is 0 Å². The summed E-state index contributed by atoms with van der Waals surface area (Å²) in [6, 6.07) is 21.4. The molecule has 180 valence electrons. The van der Waals surface area contributed by atoms with Crippen LogP contribution < -0.4 is 10.7 Å². The van der Waals surface area contributed by atoms with E-state index in [2.05, 4.69) is 60.9 Å². The maximum Gasteiger partial charge on any atom is 0.258 e. The van der Waals surface area contributed by atoms with Crippen molar-refractivity contribution < 1.29 is 14.0 Å². The molecular weight excluding hydrogens is 441 g/mol. The summed E-state index contributed by atoms with van der Waals surface area (Å²) in [6.45, 7) is 8.33. The molecule has 6 heteroatoms. The maximum atomic E-state index is 13.9. The SMILES string of the molecule is CC(=NNC(=O)[C@@H]1C[C@H]1c1ccc(C(C)(C)C)cc1)c1cccc(NC(=O)c2ccccc2F)c1. The Morgan fingerprint density at radius 3 is 2.37 bits per heavy atom.